The van der Waals surface area contributed by atoms with Crippen LogP contribution in [0.25, 0.3) is 0 Å². The molecule has 1 unspecified atom stereocenters. The van der Waals surface area contributed by atoms with Crippen LogP contribution in [-0.2, 0) is 0 Å². The molecule has 3 heteroatoms. The van der Waals surface area contributed by atoms with E-state index in [0.717, 1.165) is 17.1 Å². The Balaban J connectivity index is 2.43. The van der Waals surface area contributed by atoms with Crippen molar-refractivity contribution in [3.05, 3.63) is 17.8 Å². The van der Waals surface area contributed by atoms with E-state index in [4.69, 9.17) is 5.73 Å². The van der Waals surface area contributed by atoms with Crippen LogP contribution in [0.3, 0.4) is 0 Å². The molecule has 0 saturated carbocycles. The van der Waals surface area contributed by atoms with Gasteiger partial charge in [0.25, 0.3) is 0 Å². The molecule has 0 bridgehead atoms. The van der Waals surface area contributed by atoms with Gasteiger partial charge in [-0.1, -0.05) is 26.2 Å². The van der Waals surface area contributed by atoms with Gasteiger partial charge in [0.05, 0.1) is 0 Å². The van der Waals surface area contributed by atoms with Gasteiger partial charge in [-0.15, -0.1) is 0 Å². The van der Waals surface area contributed by atoms with Gasteiger partial charge < -0.3 is 11.1 Å². The molecule has 1 rings (SSSR count). The van der Waals surface area contributed by atoms with E-state index in [-0.39, 0.29) is 0 Å². The quantitative estimate of drug-likeness (QED) is 0.724. The predicted octanol–water partition coefficient (Wildman–Crippen LogP) is 3.35. The number of aryl methyl sites for hydroxylation is 1. The van der Waals surface area contributed by atoms with Crippen LogP contribution in [0.2, 0.25) is 0 Å². The number of unbranched alkanes of at least 4 members (excludes halogenated alkanes) is 2. The summed E-state index contributed by atoms with van der Waals surface area (Å²) in [6.07, 6.45) is 6.84. The summed E-state index contributed by atoms with van der Waals surface area (Å²) >= 11 is 0. The highest BCUT2D eigenvalue weighted by Gasteiger charge is 2.03. The van der Waals surface area contributed by atoms with Crippen molar-refractivity contribution in [3.8, 4) is 0 Å². The van der Waals surface area contributed by atoms with Crippen LogP contribution in [0.4, 0.5) is 11.5 Å². The third-order valence-corrected chi connectivity index (χ3v) is 2.78. The molecule has 0 fully saturated rings. The number of nitrogens with one attached hydrogen (secondary N) is 1. The second-order valence-corrected chi connectivity index (χ2v) is 4.47. The van der Waals surface area contributed by atoms with E-state index in [1.165, 1.54) is 25.7 Å². The smallest absolute Gasteiger partial charge is 0.128 e. The lowest BCUT2D eigenvalue weighted by Crippen LogP contribution is -2.16. The van der Waals surface area contributed by atoms with E-state index in [1.807, 2.05) is 19.2 Å². The number of rotatable bonds is 6. The number of nitrogens with two attached hydrogens (primary N) is 1. The Morgan fingerprint density at radius 3 is 2.81 bits per heavy atom. The molecule has 3 nitrogen and oxygen atoms in total. The van der Waals surface area contributed by atoms with Gasteiger partial charge in [-0.05, 0) is 25.8 Å². The number of hydrogen-bond acceptors (Lipinski definition) is 3. The van der Waals surface area contributed by atoms with Gasteiger partial charge in [-0.25, -0.2) is 4.98 Å². The molecule has 16 heavy (non-hydrogen) atoms. The van der Waals surface area contributed by atoms with E-state index in [2.05, 4.69) is 24.1 Å². The SMILES string of the molecule is CCCCCC(C)Nc1cc(N)c(C)cn1. The molecule has 0 aliphatic rings. The Bertz CT molecular complexity index is 323. The first-order valence-electron chi connectivity index (χ1n) is 6.12. The van der Waals surface area contributed by atoms with Crippen molar-refractivity contribution in [2.75, 3.05) is 11.1 Å². The van der Waals surface area contributed by atoms with Crippen LogP contribution in [0.1, 0.15) is 45.1 Å². The van der Waals surface area contributed by atoms with E-state index in [9.17, 15) is 0 Å². The van der Waals surface area contributed by atoms with E-state index >= 15 is 0 Å². The number of hydrogen-bond donors (Lipinski definition) is 2. The molecule has 0 radical (unpaired) electrons. The van der Waals surface area contributed by atoms with Gasteiger partial charge in [0.1, 0.15) is 5.82 Å². The molecule has 1 aromatic heterocycles. The molecule has 0 aliphatic carbocycles. The minimum absolute atomic E-state index is 0.459. The zero-order chi connectivity index (χ0) is 12.0. The third-order valence-electron chi connectivity index (χ3n) is 2.78. The molecule has 1 atom stereocenters. The highest BCUT2D eigenvalue weighted by atomic mass is 15.0. The molecular formula is C13H23N3. The van der Waals surface area contributed by atoms with Crippen molar-refractivity contribution in [2.45, 2.75) is 52.5 Å². The average Bonchev–Trinajstić information content (AvgIpc) is 2.24. The zero-order valence-corrected chi connectivity index (χ0v) is 10.6. The molecule has 0 aliphatic heterocycles. The first-order chi connectivity index (χ1) is 7.63. The van der Waals surface area contributed by atoms with Crippen LogP contribution < -0.4 is 11.1 Å². The lowest BCUT2D eigenvalue weighted by molar-refractivity contribution is 0.614. The van der Waals surface area contributed by atoms with Crippen LogP contribution in [0.5, 0.6) is 0 Å². The Morgan fingerprint density at radius 1 is 1.44 bits per heavy atom. The minimum Gasteiger partial charge on any atom is -0.398 e. The summed E-state index contributed by atoms with van der Waals surface area (Å²) in [5, 5.41) is 3.38. The Morgan fingerprint density at radius 2 is 2.19 bits per heavy atom. The average molecular weight is 221 g/mol. The normalized spacial score (nSPS) is 12.4. The van der Waals surface area contributed by atoms with E-state index < -0.39 is 0 Å². The predicted molar refractivity (Wildman–Crippen MR) is 70.6 cm³/mol. The highest BCUT2D eigenvalue weighted by Crippen LogP contribution is 2.15. The fourth-order valence-electron chi connectivity index (χ4n) is 1.64. The van der Waals surface area contributed by atoms with Crippen LogP contribution in [0, 0.1) is 6.92 Å². The topological polar surface area (TPSA) is 50.9 Å². The molecular weight excluding hydrogens is 198 g/mol. The summed E-state index contributed by atoms with van der Waals surface area (Å²) in [6, 6.07) is 2.37. The lowest BCUT2D eigenvalue weighted by Gasteiger charge is -2.14. The number of nitrogen functional groups attached to an aromatic ring is 1. The summed E-state index contributed by atoms with van der Waals surface area (Å²) in [4.78, 5) is 4.32. The van der Waals surface area contributed by atoms with Crippen molar-refractivity contribution in [1.29, 1.82) is 0 Å². The molecule has 0 spiro atoms. The summed E-state index contributed by atoms with van der Waals surface area (Å²) < 4.78 is 0. The zero-order valence-electron chi connectivity index (χ0n) is 10.6. The standard InChI is InChI=1S/C13H23N3/c1-4-5-6-7-11(3)16-13-8-12(14)10(2)9-15-13/h8-9,11H,4-7H2,1-3H3,(H3,14,15,16). The van der Waals surface area contributed by atoms with Gasteiger partial charge in [-0.3, -0.25) is 0 Å². The van der Waals surface area contributed by atoms with Crippen LogP contribution >= 0.6 is 0 Å². The Kier molecular flexibility index (Phi) is 5.09. The van der Waals surface area contributed by atoms with E-state index in [0.29, 0.717) is 6.04 Å². The molecule has 90 valence electrons. The monoisotopic (exact) mass is 221 g/mol. The first kappa shape index (κ1) is 12.8. The van der Waals surface area contributed by atoms with Crippen molar-refractivity contribution in [2.24, 2.45) is 0 Å². The lowest BCUT2D eigenvalue weighted by atomic mass is 10.1. The summed E-state index contributed by atoms with van der Waals surface area (Å²) in [7, 11) is 0. The number of nitrogens with zero attached hydrogens (tertiary/aromatic N) is 1. The summed E-state index contributed by atoms with van der Waals surface area (Å²) in [6.45, 7) is 6.38. The van der Waals surface area contributed by atoms with Gasteiger partial charge >= 0.3 is 0 Å². The van der Waals surface area contributed by atoms with Gasteiger partial charge in [-0.2, -0.15) is 0 Å². The highest BCUT2D eigenvalue weighted by molar-refractivity contribution is 5.53. The molecule has 1 heterocycles. The van der Waals surface area contributed by atoms with Crippen molar-refractivity contribution >= 4 is 11.5 Å². The molecule has 3 N–H and O–H groups in total. The number of aromatic nitrogens is 1. The first-order valence-corrected chi connectivity index (χ1v) is 6.12. The molecule has 0 saturated heterocycles. The second kappa shape index (κ2) is 6.36. The van der Waals surface area contributed by atoms with Crippen molar-refractivity contribution in [1.82, 2.24) is 4.98 Å². The maximum atomic E-state index is 5.84. The van der Waals surface area contributed by atoms with Gasteiger partial charge in [0.15, 0.2) is 0 Å². The number of anilines is 2. The van der Waals surface area contributed by atoms with Crippen molar-refractivity contribution in [3.63, 3.8) is 0 Å². The largest absolute Gasteiger partial charge is 0.398 e. The maximum absolute atomic E-state index is 5.84. The second-order valence-electron chi connectivity index (χ2n) is 4.47. The Hall–Kier alpha value is -1.25. The third kappa shape index (κ3) is 4.09. The minimum atomic E-state index is 0.459. The van der Waals surface area contributed by atoms with Crippen LogP contribution in [-0.4, -0.2) is 11.0 Å². The molecule has 0 amide bonds. The molecule has 1 aromatic rings. The summed E-state index contributed by atoms with van der Waals surface area (Å²) in [5.41, 5.74) is 7.67. The fourth-order valence-corrected chi connectivity index (χ4v) is 1.64. The molecule has 0 aromatic carbocycles. The van der Waals surface area contributed by atoms with Gasteiger partial charge in [0.2, 0.25) is 0 Å². The maximum Gasteiger partial charge on any atom is 0.128 e. The van der Waals surface area contributed by atoms with E-state index in [1.54, 1.807) is 0 Å². The van der Waals surface area contributed by atoms with Crippen molar-refractivity contribution < 1.29 is 0 Å². The summed E-state index contributed by atoms with van der Waals surface area (Å²) in [5.74, 6) is 0.882. The van der Waals surface area contributed by atoms with Gasteiger partial charge in [0, 0.05) is 24.0 Å². The fraction of sp³-hybridized carbons (Fsp3) is 0.615. The van der Waals surface area contributed by atoms with Crippen LogP contribution in [0.15, 0.2) is 12.3 Å². The Labute approximate surface area is 98.5 Å². The number of pyridine rings is 1.